The second-order valence-corrected chi connectivity index (χ2v) is 6.87. The minimum absolute atomic E-state index is 0.110. The molecule has 0 aliphatic heterocycles. The van der Waals surface area contributed by atoms with E-state index >= 15 is 0 Å². The molecular formula is C16H19FN2O3S. The highest BCUT2D eigenvalue weighted by Gasteiger charge is 2.13. The minimum atomic E-state index is -3.45. The number of rotatable bonds is 6. The summed E-state index contributed by atoms with van der Waals surface area (Å²) in [4.78, 5) is 0.204. The molecule has 2 N–H and O–H groups in total. The second kappa shape index (κ2) is 6.97. The molecule has 0 saturated carbocycles. The third kappa shape index (κ3) is 4.00. The maximum Gasteiger partial charge on any atom is 0.240 e. The molecule has 7 heteroatoms. The average Bonchev–Trinajstić information content (AvgIpc) is 2.56. The third-order valence-corrected chi connectivity index (χ3v) is 4.92. The summed E-state index contributed by atoms with van der Waals surface area (Å²) < 4.78 is 44.1. The van der Waals surface area contributed by atoms with Gasteiger partial charge in [-0.05, 0) is 43.8 Å². The van der Waals surface area contributed by atoms with Crippen molar-refractivity contribution in [3.63, 3.8) is 0 Å². The molecule has 2 aromatic carbocycles. The summed E-state index contributed by atoms with van der Waals surface area (Å²) in [6.07, 6.45) is 0. The van der Waals surface area contributed by atoms with Crippen molar-refractivity contribution in [1.29, 1.82) is 0 Å². The van der Waals surface area contributed by atoms with Gasteiger partial charge in [-0.25, -0.2) is 17.5 Å². The van der Waals surface area contributed by atoms with Crippen LogP contribution >= 0.6 is 0 Å². The Bertz CT molecular complexity index is 776. The first-order chi connectivity index (χ1) is 10.9. The maximum atomic E-state index is 13.2. The van der Waals surface area contributed by atoms with E-state index in [1.807, 2.05) is 6.92 Å². The molecule has 0 amide bonds. The van der Waals surface area contributed by atoms with Gasteiger partial charge in [-0.15, -0.1) is 0 Å². The molecule has 0 fully saturated rings. The molecule has 2 rings (SSSR count). The van der Waals surface area contributed by atoms with E-state index in [0.717, 1.165) is 5.56 Å². The molecule has 0 heterocycles. The maximum absolute atomic E-state index is 13.2. The van der Waals surface area contributed by atoms with Crippen molar-refractivity contribution in [2.75, 3.05) is 19.5 Å². The zero-order valence-corrected chi connectivity index (χ0v) is 13.9. The Morgan fingerprint density at radius 1 is 1.13 bits per heavy atom. The standard InChI is InChI=1S/C16H19FN2O3S/c1-11(19-15-9-6-13(17)10-16(15)22-3)12-4-7-14(8-5-12)23(20,21)18-2/h4-11,18-19H,1-3H3/t11-/m0/s1. The van der Waals surface area contributed by atoms with Crippen LogP contribution in [0.2, 0.25) is 0 Å². The minimum Gasteiger partial charge on any atom is -0.494 e. The molecule has 5 nitrogen and oxygen atoms in total. The van der Waals surface area contributed by atoms with Gasteiger partial charge in [-0.2, -0.15) is 0 Å². The summed E-state index contributed by atoms with van der Waals surface area (Å²) in [5, 5.41) is 3.22. The highest BCUT2D eigenvalue weighted by molar-refractivity contribution is 7.89. The fourth-order valence-electron chi connectivity index (χ4n) is 2.15. The number of sulfonamides is 1. The Balaban J connectivity index is 2.20. The van der Waals surface area contributed by atoms with Crippen LogP contribution in [-0.2, 0) is 10.0 Å². The first-order valence-electron chi connectivity index (χ1n) is 7.01. The van der Waals surface area contributed by atoms with Crippen molar-refractivity contribution in [3.8, 4) is 5.75 Å². The summed E-state index contributed by atoms with van der Waals surface area (Å²) in [6, 6.07) is 10.7. The quantitative estimate of drug-likeness (QED) is 0.850. The number of hydrogen-bond donors (Lipinski definition) is 2. The van der Waals surface area contributed by atoms with Crippen LogP contribution in [0.1, 0.15) is 18.5 Å². The van der Waals surface area contributed by atoms with E-state index in [1.165, 1.54) is 26.3 Å². The molecule has 2 aromatic rings. The van der Waals surface area contributed by atoms with E-state index in [-0.39, 0.29) is 16.8 Å². The van der Waals surface area contributed by atoms with Crippen molar-refractivity contribution in [2.24, 2.45) is 0 Å². The van der Waals surface area contributed by atoms with Gasteiger partial charge in [0.2, 0.25) is 10.0 Å². The largest absolute Gasteiger partial charge is 0.494 e. The Kier molecular flexibility index (Phi) is 5.23. The van der Waals surface area contributed by atoms with E-state index in [0.29, 0.717) is 11.4 Å². The van der Waals surface area contributed by atoms with E-state index < -0.39 is 10.0 Å². The molecule has 0 radical (unpaired) electrons. The van der Waals surface area contributed by atoms with Crippen molar-refractivity contribution >= 4 is 15.7 Å². The predicted molar refractivity (Wildman–Crippen MR) is 87.7 cm³/mol. The number of anilines is 1. The number of halogens is 1. The molecule has 23 heavy (non-hydrogen) atoms. The highest BCUT2D eigenvalue weighted by Crippen LogP contribution is 2.29. The molecular weight excluding hydrogens is 319 g/mol. The average molecular weight is 338 g/mol. The molecule has 124 valence electrons. The first-order valence-corrected chi connectivity index (χ1v) is 8.49. The van der Waals surface area contributed by atoms with Crippen molar-refractivity contribution in [2.45, 2.75) is 17.9 Å². The van der Waals surface area contributed by atoms with Gasteiger partial charge in [0.15, 0.2) is 0 Å². The number of methoxy groups -OCH3 is 1. The fraction of sp³-hybridized carbons (Fsp3) is 0.250. The van der Waals surface area contributed by atoms with Crippen LogP contribution in [0, 0.1) is 5.82 Å². The van der Waals surface area contributed by atoms with Crippen LogP contribution in [0.15, 0.2) is 47.4 Å². The zero-order chi connectivity index (χ0) is 17.0. The normalized spacial score (nSPS) is 12.7. The van der Waals surface area contributed by atoms with Crippen molar-refractivity contribution in [3.05, 3.63) is 53.8 Å². The van der Waals surface area contributed by atoms with Crippen molar-refractivity contribution < 1.29 is 17.5 Å². The molecule has 0 unspecified atom stereocenters. The highest BCUT2D eigenvalue weighted by atomic mass is 32.2. The topological polar surface area (TPSA) is 67.4 Å². The zero-order valence-electron chi connectivity index (χ0n) is 13.1. The van der Waals surface area contributed by atoms with E-state index in [4.69, 9.17) is 4.74 Å². The lowest BCUT2D eigenvalue weighted by Gasteiger charge is -2.18. The Hall–Kier alpha value is -2.12. The molecule has 1 atom stereocenters. The van der Waals surface area contributed by atoms with Crippen LogP contribution in [0.25, 0.3) is 0 Å². The Morgan fingerprint density at radius 3 is 2.35 bits per heavy atom. The summed E-state index contributed by atoms with van der Waals surface area (Å²) >= 11 is 0. The number of benzene rings is 2. The summed E-state index contributed by atoms with van der Waals surface area (Å²) in [7, 11) is -0.604. The summed E-state index contributed by atoms with van der Waals surface area (Å²) in [5.41, 5.74) is 1.56. The van der Waals surface area contributed by atoms with Gasteiger partial charge in [0, 0.05) is 12.1 Å². The Labute approximate surface area is 135 Å². The third-order valence-electron chi connectivity index (χ3n) is 3.49. The monoisotopic (exact) mass is 338 g/mol. The lowest BCUT2D eigenvalue weighted by Crippen LogP contribution is -2.18. The molecule has 0 aliphatic carbocycles. The number of nitrogens with one attached hydrogen (secondary N) is 2. The number of hydrogen-bond acceptors (Lipinski definition) is 4. The van der Waals surface area contributed by atoms with Gasteiger partial charge in [0.05, 0.1) is 17.7 Å². The SMILES string of the molecule is CNS(=O)(=O)c1ccc([C@H](C)Nc2ccc(F)cc2OC)cc1. The predicted octanol–water partition coefficient (Wildman–Crippen LogP) is 2.92. The van der Waals surface area contributed by atoms with Gasteiger partial charge in [0.25, 0.3) is 0 Å². The van der Waals surface area contributed by atoms with Gasteiger partial charge in [-0.3, -0.25) is 0 Å². The summed E-state index contributed by atoms with van der Waals surface area (Å²) in [6.45, 7) is 1.92. The van der Waals surface area contributed by atoms with E-state index in [9.17, 15) is 12.8 Å². The van der Waals surface area contributed by atoms with Gasteiger partial charge in [0.1, 0.15) is 11.6 Å². The van der Waals surface area contributed by atoms with Gasteiger partial charge in [-0.1, -0.05) is 12.1 Å². The number of ether oxygens (including phenoxy) is 1. The van der Waals surface area contributed by atoms with Crippen LogP contribution in [0.4, 0.5) is 10.1 Å². The smallest absolute Gasteiger partial charge is 0.240 e. The van der Waals surface area contributed by atoms with E-state index in [1.54, 1.807) is 30.3 Å². The van der Waals surface area contributed by atoms with Crippen LogP contribution in [-0.4, -0.2) is 22.6 Å². The fourth-order valence-corrected chi connectivity index (χ4v) is 2.88. The first kappa shape index (κ1) is 17.2. The van der Waals surface area contributed by atoms with Crippen molar-refractivity contribution in [1.82, 2.24) is 4.72 Å². The van der Waals surface area contributed by atoms with Crippen LogP contribution in [0.5, 0.6) is 5.75 Å². The lowest BCUT2D eigenvalue weighted by molar-refractivity contribution is 0.412. The van der Waals surface area contributed by atoms with Crippen LogP contribution < -0.4 is 14.8 Å². The molecule has 0 bridgehead atoms. The second-order valence-electron chi connectivity index (χ2n) is 4.99. The summed E-state index contributed by atoms with van der Waals surface area (Å²) in [5.74, 6) is 0.0351. The molecule has 0 aromatic heterocycles. The Morgan fingerprint density at radius 2 is 1.78 bits per heavy atom. The van der Waals surface area contributed by atoms with Gasteiger partial charge >= 0.3 is 0 Å². The van der Waals surface area contributed by atoms with Crippen LogP contribution in [0.3, 0.4) is 0 Å². The molecule has 0 spiro atoms. The molecule has 0 saturated heterocycles. The van der Waals surface area contributed by atoms with Gasteiger partial charge < -0.3 is 10.1 Å². The molecule has 0 aliphatic rings. The van der Waals surface area contributed by atoms with E-state index in [2.05, 4.69) is 10.0 Å². The lowest BCUT2D eigenvalue weighted by atomic mass is 10.1.